The molecule has 6 nitrogen and oxygen atoms in total. The van der Waals surface area contributed by atoms with Crippen LogP contribution in [0.1, 0.15) is 39.2 Å². The minimum Gasteiger partial charge on any atom is -0.496 e. The topological polar surface area (TPSA) is 75.7 Å². The SMILES string of the molecule is COc1ccc(S(=O)(=O)N2CCC[C@H](C(=O)NC(C)(C)C)C2)cc1C. The molecule has 140 valence electrons. The van der Waals surface area contributed by atoms with E-state index >= 15 is 0 Å². The van der Waals surface area contributed by atoms with Crippen molar-refractivity contribution in [3.05, 3.63) is 23.8 Å². The largest absolute Gasteiger partial charge is 0.496 e. The van der Waals surface area contributed by atoms with Gasteiger partial charge in [0.15, 0.2) is 0 Å². The molecule has 0 bridgehead atoms. The molecule has 0 unspecified atom stereocenters. The third-order valence-electron chi connectivity index (χ3n) is 4.26. The fourth-order valence-corrected chi connectivity index (χ4v) is 4.62. The Kier molecular flexibility index (Phi) is 5.79. The number of rotatable bonds is 4. The van der Waals surface area contributed by atoms with Gasteiger partial charge in [-0.25, -0.2) is 8.42 Å². The molecule has 1 aliphatic rings. The van der Waals surface area contributed by atoms with Crippen LogP contribution in [-0.4, -0.2) is 44.4 Å². The van der Waals surface area contributed by atoms with Crippen LogP contribution >= 0.6 is 0 Å². The lowest BCUT2D eigenvalue weighted by atomic mass is 9.97. The number of nitrogens with zero attached hydrogens (tertiary/aromatic N) is 1. The molecule has 7 heteroatoms. The van der Waals surface area contributed by atoms with E-state index in [0.717, 1.165) is 5.56 Å². The fourth-order valence-electron chi connectivity index (χ4n) is 3.01. The third-order valence-corrected chi connectivity index (χ3v) is 6.12. The van der Waals surface area contributed by atoms with E-state index in [2.05, 4.69) is 5.32 Å². The van der Waals surface area contributed by atoms with Crippen LogP contribution < -0.4 is 10.1 Å². The van der Waals surface area contributed by atoms with Crippen molar-refractivity contribution in [1.29, 1.82) is 0 Å². The minimum atomic E-state index is -3.62. The summed E-state index contributed by atoms with van der Waals surface area (Å²) in [6.45, 7) is 8.22. The predicted molar refractivity (Wildman–Crippen MR) is 97.1 cm³/mol. The summed E-state index contributed by atoms with van der Waals surface area (Å²) in [5.41, 5.74) is 0.438. The van der Waals surface area contributed by atoms with E-state index in [4.69, 9.17) is 4.74 Å². The number of carbonyl (C=O) groups is 1. The van der Waals surface area contributed by atoms with E-state index in [1.807, 2.05) is 27.7 Å². The van der Waals surface area contributed by atoms with Crippen LogP contribution in [0.3, 0.4) is 0 Å². The van der Waals surface area contributed by atoms with Crippen LogP contribution in [0.2, 0.25) is 0 Å². The van der Waals surface area contributed by atoms with Crippen LogP contribution in [0.4, 0.5) is 0 Å². The van der Waals surface area contributed by atoms with E-state index < -0.39 is 10.0 Å². The third kappa shape index (κ3) is 4.73. The van der Waals surface area contributed by atoms with Crippen molar-refractivity contribution in [2.24, 2.45) is 5.92 Å². The van der Waals surface area contributed by atoms with Gasteiger partial charge in [-0.1, -0.05) is 0 Å². The lowest BCUT2D eigenvalue weighted by Gasteiger charge is -2.33. The van der Waals surface area contributed by atoms with Gasteiger partial charge in [-0.3, -0.25) is 4.79 Å². The van der Waals surface area contributed by atoms with E-state index in [1.165, 1.54) is 4.31 Å². The number of ether oxygens (including phenoxy) is 1. The zero-order chi connectivity index (χ0) is 18.8. The second kappa shape index (κ2) is 7.33. The first-order chi connectivity index (χ1) is 11.5. The molecule has 1 aromatic carbocycles. The van der Waals surface area contributed by atoms with Crippen molar-refractivity contribution < 1.29 is 17.9 Å². The van der Waals surface area contributed by atoms with Crippen molar-refractivity contribution >= 4 is 15.9 Å². The van der Waals surface area contributed by atoms with Crippen molar-refractivity contribution in [1.82, 2.24) is 9.62 Å². The Bertz CT molecular complexity index is 738. The van der Waals surface area contributed by atoms with Crippen molar-refractivity contribution in [2.45, 2.75) is 51.0 Å². The maximum Gasteiger partial charge on any atom is 0.243 e. The van der Waals surface area contributed by atoms with Crippen molar-refractivity contribution in [3.8, 4) is 5.75 Å². The van der Waals surface area contributed by atoms with Gasteiger partial charge in [0.25, 0.3) is 0 Å². The van der Waals surface area contributed by atoms with Gasteiger partial charge in [0, 0.05) is 18.6 Å². The molecule has 1 aliphatic heterocycles. The molecule has 1 fully saturated rings. The number of sulfonamides is 1. The number of amides is 1. The van der Waals surface area contributed by atoms with E-state index in [0.29, 0.717) is 25.1 Å². The molecule has 1 amide bonds. The van der Waals surface area contributed by atoms with Crippen molar-refractivity contribution in [2.75, 3.05) is 20.2 Å². The summed E-state index contributed by atoms with van der Waals surface area (Å²) >= 11 is 0. The zero-order valence-electron chi connectivity index (χ0n) is 15.6. The Morgan fingerprint density at radius 3 is 2.56 bits per heavy atom. The normalized spacial score (nSPS) is 19.5. The molecule has 1 heterocycles. The Labute approximate surface area is 150 Å². The van der Waals surface area contributed by atoms with Gasteiger partial charge in [0.05, 0.1) is 17.9 Å². The molecule has 0 aliphatic carbocycles. The van der Waals surface area contributed by atoms with Crippen LogP contribution in [0, 0.1) is 12.8 Å². The summed E-state index contributed by atoms with van der Waals surface area (Å²) in [7, 11) is -2.07. The minimum absolute atomic E-state index is 0.0849. The second-order valence-corrected chi connectivity index (χ2v) is 9.51. The fraction of sp³-hybridized carbons (Fsp3) is 0.611. The highest BCUT2D eigenvalue weighted by Crippen LogP contribution is 2.27. The molecule has 1 atom stereocenters. The zero-order valence-corrected chi connectivity index (χ0v) is 16.4. The molecular weight excluding hydrogens is 340 g/mol. The molecule has 2 rings (SSSR count). The maximum atomic E-state index is 12.9. The number of piperidine rings is 1. The van der Waals surface area contributed by atoms with Gasteiger partial charge in [-0.15, -0.1) is 0 Å². The highest BCUT2D eigenvalue weighted by atomic mass is 32.2. The van der Waals surface area contributed by atoms with Gasteiger partial charge in [0.2, 0.25) is 15.9 Å². The van der Waals surface area contributed by atoms with E-state index in [-0.39, 0.29) is 28.8 Å². The molecule has 0 radical (unpaired) electrons. The smallest absolute Gasteiger partial charge is 0.243 e. The average molecular weight is 368 g/mol. The predicted octanol–water partition coefficient (Wildman–Crippen LogP) is 2.32. The lowest BCUT2D eigenvalue weighted by Crippen LogP contribution is -2.49. The Morgan fingerprint density at radius 2 is 2.00 bits per heavy atom. The number of methoxy groups -OCH3 is 1. The summed E-state index contributed by atoms with van der Waals surface area (Å²) in [6.07, 6.45) is 1.38. The summed E-state index contributed by atoms with van der Waals surface area (Å²) in [6, 6.07) is 4.84. The highest BCUT2D eigenvalue weighted by Gasteiger charge is 2.34. The second-order valence-electron chi connectivity index (χ2n) is 7.57. The molecular formula is C18H28N2O4S. The summed E-state index contributed by atoms with van der Waals surface area (Å²) in [4.78, 5) is 12.6. The quantitative estimate of drug-likeness (QED) is 0.885. The summed E-state index contributed by atoms with van der Waals surface area (Å²) < 4.78 is 32.5. The number of benzene rings is 1. The monoisotopic (exact) mass is 368 g/mol. The van der Waals surface area contributed by atoms with Gasteiger partial charge < -0.3 is 10.1 Å². The van der Waals surface area contributed by atoms with Crippen LogP contribution in [-0.2, 0) is 14.8 Å². The Morgan fingerprint density at radius 1 is 1.32 bits per heavy atom. The van der Waals surface area contributed by atoms with Gasteiger partial charge in [-0.05, 0) is 64.3 Å². The summed E-state index contributed by atoms with van der Waals surface area (Å²) in [5.74, 6) is 0.250. The van der Waals surface area contributed by atoms with Gasteiger partial charge in [0.1, 0.15) is 5.75 Å². The molecule has 1 N–H and O–H groups in total. The standard InChI is InChI=1S/C18H28N2O4S/c1-13-11-15(8-9-16(13)24-5)25(22,23)20-10-6-7-14(12-20)17(21)19-18(2,3)4/h8-9,11,14H,6-7,10,12H2,1-5H3,(H,19,21)/t14-/m0/s1. The van der Waals surface area contributed by atoms with Crippen LogP contribution in [0.15, 0.2) is 23.1 Å². The number of nitrogens with one attached hydrogen (secondary N) is 1. The van der Waals surface area contributed by atoms with E-state index in [1.54, 1.807) is 25.3 Å². The first kappa shape index (κ1) is 19.7. The molecule has 25 heavy (non-hydrogen) atoms. The highest BCUT2D eigenvalue weighted by molar-refractivity contribution is 7.89. The Hall–Kier alpha value is -1.60. The van der Waals surface area contributed by atoms with Crippen LogP contribution in [0.25, 0.3) is 0 Å². The van der Waals surface area contributed by atoms with E-state index in [9.17, 15) is 13.2 Å². The molecule has 0 saturated carbocycles. The first-order valence-corrected chi connectivity index (χ1v) is 9.95. The Balaban J connectivity index is 2.19. The maximum absolute atomic E-state index is 12.9. The van der Waals surface area contributed by atoms with Gasteiger partial charge >= 0.3 is 0 Å². The van der Waals surface area contributed by atoms with Crippen molar-refractivity contribution in [3.63, 3.8) is 0 Å². The number of carbonyl (C=O) groups excluding carboxylic acids is 1. The first-order valence-electron chi connectivity index (χ1n) is 8.51. The summed E-state index contributed by atoms with van der Waals surface area (Å²) in [5, 5.41) is 2.95. The number of hydrogen-bond donors (Lipinski definition) is 1. The number of hydrogen-bond acceptors (Lipinski definition) is 4. The molecule has 0 aromatic heterocycles. The van der Waals surface area contributed by atoms with Crippen LogP contribution in [0.5, 0.6) is 5.75 Å². The molecule has 1 saturated heterocycles. The lowest BCUT2D eigenvalue weighted by molar-refractivity contribution is -0.127. The number of aryl methyl sites for hydroxylation is 1. The molecule has 0 spiro atoms. The average Bonchev–Trinajstić information content (AvgIpc) is 2.53. The molecule has 1 aromatic rings. The van der Waals surface area contributed by atoms with Gasteiger partial charge in [-0.2, -0.15) is 4.31 Å².